The fourth-order valence-electron chi connectivity index (χ4n) is 2.04. The number of allylic oxidation sites excluding steroid dienone is 1. The van der Waals surface area contributed by atoms with Crippen molar-refractivity contribution in [2.24, 2.45) is 17.0 Å². The van der Waals surface area contributed by atoms with Gasteiger partial charge in [-0.3, -0.25) is 0 Å². The molecule has 0 atom stereocenters. The van der Waals surface area contributed by atoms with E-state index in [2.05, 4.69) is 39.6 Å². The minimum atomic E-state index is 0.677. The number of amidine groups is 1. The Kier molecular flexibility index (Phi) is 3.42. The predicted octanol–water partition coefficient (Wildman–Crippen LogP) is 3.66. The third-order valence-electron chi connectivity index (χ3n) is 2.96. The maximum Gasteiger partial charge on any atom is 0.125 e. The van der Waals surface area contributed by atoms with Gasteiger partial charge in [0.1, 0.15) is 5.84 Å². The molecule has 18 heavy (non-hydrogen) atoms. The maximum absolute atomic E-state index is 4.48. The van der Waals surface area contributed by atoms with E-state index in [1.165, 1.54) is 10.9 Å². The van der Waals surface area contributed by atoms with Crippen molar-refractivity contribution in [3.8, 4) is 0 Å². The van der Waals surface area contributed by atoms with Crippen LogP contribution in [0.15, 0.2) is 46.5 Å². The Hall–Kier alpha value is -2.16. The Labute approximate surface area is 107 Å². The van der Waals surface area contributed by atoms with Gasteiger partial charge in [-0.25, -0.2) is 9.98 Å². The van der Waals surface area contributed by atoms with Crippen LogP contribution in [-0.2, 0) is 7.05 Å². The van der Waals surface area contributed by atoms with Gasteiger partial charge in [0.25, 0.3) is 0 Å². The standard InChI is InChI=1S/C15H17N3/c1-5-14(17-11(2)16-3)13-10-18(4)15-9-7-6-8-12(13)15/h5-10H,3H2,1-2,4H3/b14-5-,17-11?. The molecular weight excluding hydrogens is 222 g/mol. The molecule has 0 saturated carbocycles. The fourth-order valence-corrected chi connectivity index (χ4v) is 2.04. The topological polar surface area (TPSA) is 29.6 Å². The summed E-state index contributed by atoms with van der Waals surface area (Å²) in [5, 5.41) is 1.20. The summed E-state index contributed by atoms with van der Waals surface area (Å²) in [5.74, 6) is 0.677. The van der Waals surface area contributed by atoms with Gasteiger partial charge in [0.05, 0.1) is 5.70 Å². The molecule has 2 rings (SSSR count). The van der Waals surface area contributed by atoms with Crippen molar-refractivity contribution in [3.05, 3.63) is 42.1 Å². The average molecular weight is 239 g/mol. The number of hydrogen-bond acceptors (Lipinski definition) is 1. The van der Waals surface area contributed by atoms with E-state index in [9.17, 15) is 0 Å². The number of rotatable bonds is 2. The van der Waals surface area contributed by atoms with Crippen LogP contribution < -0.4 is 0 Å². The van der Waals surface area contributed by atoms with Crippen LogP contribution in [0.4, 0.5) is 0 Å². The van der Waals surface area contributed by atoms with Crippen molar-refractivity contribution in [2.45, 2.75) is 13.8 Å². The van der Waals surface area contributed by atoms with Gasteiger partial charge < -0.3 is 4.57 Å². The molecule has 0 fully saturated rings. The zero-order valence-corrected chi connectivity index (χ0v) is 11.0. The molecule has 0 radical (unpaired) electrons. The van der Waals surface area contributed by atoms with E-state index in [0.717, 1.165) is 11.3 Å². The van der Waals surface area contributed by atoms with Gasteiger partial charge in [0.15, 0.2) is 0 Å². The Bertz CT molecular complexity index is 645. The minimum Gasteiger partial charge on any atom is -0.350 e. The van der Waals surface area contributed by atoms with Crippen LogP contribution in [0.3, 0.4) is 0 Å². The Morgan fingerprint density at radius 2 is 2.06 bits per heavy atom. The van der Waals surface area contributed by atoms with Crippen LogP contribution in [0.2, 0.25) is 0 Å². The molecule has 0 amide bonds. The lowest BCUT2D eigenvalue weighted by atomic mass is 10.1. The van der Waals surface area contributed by atoms with Crippen molar-refractivity contribution in [1.82, 2.24) is 4.57 Å². The van der Waals surface area contributed by atoms with Gasteiger partial charge >= 0.3 is 0 Å². The van der Waals surface area contributed by atoms with Gasteiger partial charge in [0, 0.05) is 29.7 Å². The van der Waals surface area contributed by atoms with Crippen LogP contribution >= 0.6 is 0 Å². The third kappa shape index (κ3) is 2.12. The summed E-state index contributed by atoms with van der Waals surface area (Å²) in [6.07, 6.45) is 4.09. The second-order valence-electron chi connectivity index (χ2n) is 4.16. The fraction of sp³-hybridized carbons (Fsp3) is 0.200. The number of aryl methyl sites for hydroxylation is 1. The summed E-state index contributed by atoms with van der Waals surface area (Å²) < 4.78 is 2.11. The SMILES string of the molecule is C=NC(C)=N/C(=C\C)c1cn(C)c2ccccc12. The molecule has 0 saturated heterocycles. The number of aromatic nitrogens is 1. The van der Waals surface area contributed by atoms with Gasteiger partial charge in [-0.2, -0.15) is 0 Å². The number of aliphatic imine (C=N–C) groups is 2. The largest absolute Gasteiger partial charge is 0.350 e. The zero-order chi connectivity index (χ0) is 13.1. The van der Waals surface area contributed by atoms with Gasteiger partial charge in [-0.05, 0) is 26.6 Å². The molecule has 92 valence electrons. The lowest BCUT2D eigenvalue weighted by Crippen LogP contribution is -1.87. The van der Waals surface area contributed by atoms with Gasteiger partial charge in [0.2, 0.25) is 0 Å². The van der Waals surface area contributed by atoms with Crippen LogP contribution in [0, 0.1) is 0 Å². The molecule has 3 nitrogen and oxygen atoms in total. The van der Waals surface area contributed by atoms with E-state index in [-0.39, 0.29) is 0 Å². The molecule has 0 aliphatic heterocycles. The van der Waals surface area contributed by atoms with E-state index in [1.54, 1.807) is 0 Å². The van der Waals surface area contributed by atoms with Crippen LogP contribution in [0.1, 0.15) is 19.4 Å². The summed E-state index contributed by atoms with van der Waals surface area (Å²) in [7, 11) is 2.04. The summed E-state index contributed by atoms with van der Waals surface area (Å²) in [5.41, 5.74) is 3.25. The monoisotopic (exact) mass is 239 g/mol. The molecular formula is C15H17N3. The van der Waals surface area contributed by atoms with E-state index in [0.29, 0.717) is 5.84 Å². The molecule has 2 aromatic rings. The van der Waals surface area contributed by atoms with Crippen molar-refractivity contribution in [2.75, 3.05) is 0 Å². The summed E-state index contributed by atoms with van der Waals surface area (Å²) >= 11 is 0. The maximum atomic E-state index is 4.48. The molecule has 0 spiro atoms. The predicted molar refractivity (Wildman–Crippen MR) is 79.2 cm³/mol. The molecule has 0 unspecified atom stereocenters. The number of para-hydroxylation sites is 1. The summed E-state index contributed by atoms with van der Waals surface area (Å²) in [6, 6.07) is 8.30. The van der Waals surface area contributed by atoms with Crippen molar-refractivity contribution in [1.29, 1.82) is 0 Å². The van der Waals surface area contributed by atoms with Crippen LogP contribution in [-0.4, -0.2) is 17.1 Å². The van der Waals surface area contributed by atoms with Crippen molar-refractivity contribution in [3.63, 3.8) is 0 Å². The Balaban J connectivity index is 2.64. The highest BCUT2D eigenvalue weighted by atomic mass is 14.9. The van der Waals surface area contributed by atoms with E-state index < -0.39 is 0 Å². The molecule has 1 heterocycles. The first kappa shape index (κ1) is 12.3. The molecule has 0 aliphatic rings. The van der Waals surface area contributed by atoms with Crippen LogP contribution in [0.25, 0.3) is 16.6 Å². The quantitative estimate of drug-likeness (QED) is 0.565. The first-order valence-electron chi connectivity index (χ1n) is 5.90. The van der Waals surface area contributed by atoms with Crippen molar-refractivity contribution < 1.29 is 0 Å². The summed E-state index contributed by atoms with van der Waals surface area (Å²) in [6.45, 7) is 7.33. The molecule has 0 bridgehead atoms. The molecule has 1 aromatic heterocycles. The second-order valence-corrected chi connectivity index (χ2v) is 4.16. The van der Waals surface area contributed by atoms with E-state index >= 15 is 0 Å². The molecule has 1 aromatic carbocycles. The smallest absolute Gasteiger partial charge is 0.125 e. The van der Waals surface area contributed by atoms with Gasteiger partial charge in [-0.1, -0.05) is 24.3 Å². The lowest BCUT2D eigenvalue weighted by molar-refractivity contribution is 0.967. The normalized spacial score (nSPS) is 13.1. The minimum absolute atomic E-state index is 0.677. The summed E-state index contributed by atoms with van der Waals surface area (Å²) in [4.78, 5) is 8.32. The second kappa shape index (κ2) is 5.00. The first-order chi connectivity index (χ1) is 8.67. The highest BCUT2D eigenvalue weighted by molar-refractivity contribution is 5.96. The highest BCUT2D eigenvalue weighted by Crippen LogP contribution is 2.27. The highest BCUT2D eigenvalue weighted by Gasteiger charge is 2.09. The Morgan fingerprint density at radius 3 is 2.72 bits per heavy atom. The number of fused-ring (bicyclic) bond motifs is 1. The zero-order valence-electron chi connectivity index (χ0n) is 11.0. The molecule has 3 heteroatoms. The number of hydrogen-bond donors (Lipinski definition) is 0. The average Bonchev–Trinajstić information content (AvgIpc) is 2.74. The van der Waals surface area contributed by atoms with Crippen molar-refractivity contribution >= 4 is 29.2 Å². The Morgan fingerprint density at radius 1 is 1.33 bits per heavy atom. The van der Waals surface area contributed by atoms with Gasteiger partial charge in [-0.15, -0.1) is 0 Å². The lowest BCUT2D eigenvalue weighted by Gasteiger charge is -2.00. The van der Waals surface area contributed by atoms with Crippen LogP contribution in [0.5, 0.6) is 0 Å². The van der Waals surface area contributed by atoms with E-state index in [4.69, 9.17) is 0 Å². The number of nitrogens with zero attached hydrogens (tertiary/aromatic N) is 3. The number of benzene rings is 1. The van der Waals surface area contributed by atoms with E-state index in [1.807, 2.05) is 39.1 Å². The molecule has 0 aliphatic carbocycles. The molecule has 0 N–H and O–H groups in total. The third-order valence-corrected chi connectivity index (χ3v) is 2.96. The first-order valence-corrected chi connectivity index (χ1v) is 5.90.